The van der Waals surface area contributed by atoms with E-state index in [4.69, 9.17) is 16.3 Å². The molecule has 0 aliphatic rings. The quantitative estimate of drug-likeness (QED) is 0.805. The first-order valence-corrected chi connectivity index (χ1v) is 7.06. The molecular formula is C16H17ClN2O2. The standard InChI is InChI=1S/C16H17ClN2O2/c17-15-9-5-4-6-13(15)12-19-16(20)18-10-11-21-14-7-2-1-3-8-14/h1-9H,10-12H2,(H2,18,19,20). The van der Waals surface area contributed by atoms with Crippen LogP contribution in [0.15, 0.2) is 54.6 Å². The Morgan fingerprint density at radius 3 is 2.48 bits per heavy atom. The minimum absolute atomic E-state index is 0.244. The summed E-state index contributed by atoms with van der Waals surface area (Å²) in [5.41, 5.74) is 0.884. The number of amides is 2. The van der Waals surface area contributed by atoms with Crippen molar-refractivity contribution in [1.82, 2.24) is 10.6 Å². The van der Waals surface area contributed by atoms with E-state index in [1.165, 1.54) is 0 Å². The summed E-state index contributed by atoms with van der Waals surface area (Å²) < 4.78 is 5.47. The van der Waals surface area contributed by atoms with Crippen molar-refractivity contribution in [3.05, 3.63) is 65.2 Å². The van der Waals surface area contributed by atoms with Gasteiger partial charge in [0, 0.05) is 11.6 Å². The molecule has 0 aliphatic heterocycles. The van der Waals surface area contributed by atoms with Crippen LogP contribution in [0.1, 0.15) is 5.56 Å². The topological polar surface area (TPSA) is 50.4 Å². The number of para-hydroxylation sites is 1. The van der Waals surface area contributed by atoms with Crippen molar-refractivity contribution in [3.8, 4) is 5.75 Å². The normalized spacial score (nSPS) is 9.95. The van der Waals surface area contributed by atoms with E-state index in [-0.39, 0.29) is 6.03 Å². The van der Waals surface area contributed by atoms with E-state index in [0.29, 0.717) is 24.7 Å². The molecule has 2 aromatic carbocycles. The molecule has 0 bridgehead atoms. The highest BCUT2D eigenvalue weighted by atomic mass is 35.5. The lowest BCUT2D eigenvalue weighted by Crippen LogP contribution is -2.37. The van der Waals surface area contributed by atoms with E-state index in [0.717, 1.165) is 11.3 Å². The summed E-state index contributed by atoms with van der Waals surface area (Å²) in [5.74, 6) is 0.788. The zero-order valence-electron chi connectivity index (χ0n) is 11.5. The van der Waals surface area contributed by atoms with Gasteiger partial charge in [-0.15, -0.1) is 0 Å². The van der Waals surface area contributed by atoms with Crippen LogP contribution in [0.25, 0.3) is 0 Å². The first-order valence-electron chi connectivity index (χ1n) is 6.68. The van der Waals surface area contributed by atoms with Gasteiger partial charge in [0.05, 0.1) is 6.54 Å². The Bertz CT molecular complexity index is 575. The Labute approximate surface area is 129 Å². The van der Waals surface area contributed by atoms with Gasteiger partial charge < -0.3 is 15.4 Å². The molecule has 0 radical (unpaired) electrons. The van der Waals surface area contributed by atoms with Gasteiger partial charge in [0.25, 0.3) is 0 Å². The van der Waals surface area contributed by atoms with Gasteiger partial charge in [-0.1, -0.05) is 48.0 Å². The smallest absolute Gasteiger partial charge is 0.315 e. The first-order chi connectivity index (χ1) is 10.3. The molecule has 21 heavy (non-hydrogen) atoms. The van der Waals surface area contributed by atoms with Crippen LogP contribution in [0.4, 0.5) is 4.79 Å². The summed E-state index contributed by atoms with van der Waals surface area (Å²) in [6.07, 6.45) is 0. The first kappa shape index (κ1) is 15.2. The zero-order valence-corrected chi connectivity index (χ0v) is 12.3. The van der Waals surface area contributed by atoms with E-state index >= 15 is 0 Å². The van der Waals surface area contributed by atoms with Crippen LogP contribution in [0.3, 0.4) is 0 Å². The molecule has 4 nitrogen and oxygen atoms in total. The number of ether oxygens (including phenoxy) is 1. The number of rotatable bonds is 6. The largest absolute Gasteiger partial charge is 0.492 e. The molecule has 0 aromatic heterocycles. The van der Waals surface area contributed by atoms with E-state index in [9.17, 15) is 4.79 Å². The van der Waals surface area contributed by atoms with Gasteiger partial charge in [0.2, 0.25) is 0 Å². The molecule has 0 fully saturated rings. The highest BCUT2D eigenvalue weighted by Gasteiger charge is 2.02. The van der Waals surface area contributed by atoms with E-state index in [2.05, 4.69) is 10.6 Å². The Morgan fingerprint density at radius 2 is 1.71 bits per heavy atom. The third-order valence-electron chi connectivity index (χ3n) is 2.80. The minimum Gasteiger partial charge on any atom is -0.492 e. The number of carbonyl (C=O) groups is 1. The number of urea groups is 1. The zero-order chi connectivity index (χ0) is 14.9. The van der Waals surface area contributed by atoms with E-state index < -0.39 is 0 Å². The number of halogens is 1. The summed E-state index contributed by atoms with van der Waals surface area (Å²) in [6, 6.07) is 16.6. The predicted molar refractivity (Wildman–Crippen MR) is 83.6 cm³/mol. The van der Waals surface area contributed by atoms with Crippen molar-refractivity contribution in [2.75, 3.05) is 13.2 Å². The van der Waals surface area contributed by atoms with Gasteiger partial charge in [-0.2, -0.15) is 0 Å². The number of benzene rings is 2. The van der Waals surface area contributed by atoms with Crippen molar-refractivity contribution in [2.45, 2.75) is 6.54 Å². The maximum absolute atomic E-state index is 11.6. The number of carbonyl (C=O) groups excluding carboxylic acids is 1. The number of hydrogen-bond donors (Lipinski definition) is 2. The molecule has 2 rings (SSSR count). The van der Waals surface area contributed by atoms with Crippen molar-refractivity contribution >= 4 is 17.6 Å². The monoisotopic (exact) mass is 304 g/mol. The molecule has 0 saturated carbocycles. The lowest BCUT2D eigenvalue weighted by Gasteiger charge is -2.09. The average Bonchev–Trinajstić information content (AvgIpc) is 2.52. The Hall–Kier alpha value is -2.20. The average molecular weight is 305 g/mol. The van der Waals surface area contributed by atoms with Crippen LogP contribution in [0.2, 0.25) is 5.02 Å². The third kappa shape index (κ3) is 5.36. The van der Waals surface area contributed by atoms with Gasteiger partial charge in [0.1, 0.15) is 12.4 Å². The van der Waals surface area contributed by atoms with Crippen molar-refractivity contribution < 1.29 is 9.53 Å². The molecule has 2 amide bonds. The molecule has 2 aromatic rings. The molecule has 0 unspecified atom stereocenters. The van der Waals surface area contributed by atoms with Crippen LogP contribution < -0.4 is 15.4 Å². The fourth-order valence-electron chi connectivity index (χ4n) is 1.73. The molecule has 0 saturated heterocycles. The van der Waals surface area contributed by atoms with Crippen LogP contribution in [-0.2, 0) is 6.54 Å². The molecule has 2 N–H and O–H groups in total. The van der Waals surface area contributed by atoms with Gasteiger partial charge in [0.15, 0.2) is 0 Å². The molecule has 0 atom stereocenters. The fraction of sp³-hybridized carbons (Fsp3) is 0.188. The summed E-state index contributed by atoms with van der Waals surface area (Å²) in [4.78, 5) is 11.6. The second-order valence-electron chi connectivity index (χ2n) is 4.36. The van der Waals surface area contributed by atoms with Crippen molar-refractivity contribution in [3.63, 3.8) is 0 Å². The van der Waals surface area contributed by atoms with Crippen LogP contribution in [0, 0.1) is 0 Å². The summed E-state index contributed by atoms with van der Waals surface area (Å²) in [7, 11) is 0. The summed E-state index contributed by atoms with van der Waals surface area (Å²) in [6.45, 7) is 1.25. The van der Waals surface area contributed by atoms with Crippen LogP contribution in [-0.4, -0.2) is 19.2 Å². The van der Waals surface area contributed by atoms with Crippen LogP contribution in [0.5, 0.6) is 5.75 Å². The van der Waals surface area contributed by atoms with E-state index in [1.807, 2.05) is 48.5 Å². The molecule has 110 valence electrons. The molecule has 5 heteroatoms. The maximum Gasteiger partial charge on any atom is 0.315 e. The second kappa shape index (κ2) is 8.17. The number of nitrogens with one attached hydrogen (secondary N) is 2. The lowest BCUT2D eigenvalue weighted by molar-refractivity contribution is 0.236. The highest BCUT2D eigenvalue weighted by Crippen LogP contribution is 2.14. The van der Waals surface area contributed by atoms with Gasteiger partial charge in [-0.25, -0.2) is 4.79 Å². The summed E-state index contributed by atoms with van der Waals surface area (Å²) >= 11 is 6.01. The Kier molecular flexibility index (Phi) is 5.91. The Balaban J connectivity index is 1.63. The van der Waals surface area contributed by atoms with E-state index in [1.54, 1.807) is 6.07 Å². The van der Waals surface area contributed by atoms with Crippen molar-refractivity contribution in [2.24, 2.45) is 0 Å². The SMILES string of the molecule is O=C(NCCOc1ccccc1)NCc1ccccc1Cl. The fourth-order valence-corrected chi connectivity index (χ4v) is 1.93. The highest BCUT2D eigenvalue weighted by molar-refractivity contribution is 6.31. The van der Waals surface area contributed by atoms with Gasteiger partial charge >= 0.3 is 6.03 Å². The summed E-state index contributed by atoms with van der Waals surface area (Å²) in [5, 5.41) is 6.12. The van der Waals surface area contributed by atoms with Gasteiger partial charge in [-0.3, -0.25) is 0 Å². The number of hydrogen-bond acceptors (Lipinski definition) is 2. The predicted octanol–water partition coefficient (Wildman–Crippen LogP) is 3.22. The second-order valence-corrected chi connectivity index (χ2v) is 4.77. The minimum atomic E-state index is -0.244. The molecule has 0 heterocycles. The van der Waals surface area contributed by atoms with Crippen LogP contribution >= 0.6 is 11.6 Å². The maximum atomic E-state index is 11.6. The third-order valence-corrected chi connectivity index (χ3v) is 3.17. The Morgan fingerprint density at radius 1 is 1.00 bits per heavy atom. The molecule has 0 spiro atoms. The molecular weight excluding hydrogens is 288 g/mol. The molecule has 0 aliphatic carbocycles. The lowest BCUT2D eigenvalue weighted by atomic mass is 10.2. The van der Waals surface area contributed by atoms with Gasteiger partial charge in [-0.05, 0) is 23.8 Å². The van der Waals surface area contributed by atoms with Crippen molar-refractivity contribution in [1.29, 1.82) is 0 Å².